The number of hydrogen-bond acceptors (Lipinski definition) is 10. The Kier molecular flexibility index (Phi) is 11.8. The number of sulfonamides is 1. The van der Waals surface area contributed by atoms with Crippen LogP contribution in [0.5, 0.6) is 0 Å². The summed E-state index contributed by atoms with van der Waals surface area (Å²) in [5, 5.41) is 20.4. The number of esters is 1. The van der Waals surface area contributed by atoms with Gasteiger partial charge in [0.1, 0.15) is 12.6 Å². The summed E-state index contributed by atoms with van der Waals surface area (Å²) in [6.07, 6.45) is -7.11. The topological polar surface area (TPSA) is 167 Å². The first-order chi connectivity index (χ1) is 21.9. The van der Waals surface area contributed by atoms with E-state index in [1.807, 2.05) is 6.92 Å². The minimum Gasteiger partial charge on any atom is -0.569 e. The van der Waals surface area contributed by atoms with Gasteiger partial charge in [0.05, 0.1) is 28.3 Å². The van der Waals surface area contributed by atoms with Gasteiger partial charge in [-0.1, -0.05) is 50.6 Å². The van der Waals surface area contributed by atoms with Crippen molar-refractivity contribution >= 4 is 22.1 Å². The van der Waals surface area contributed by atoms with Crippen LogP contribution in [0.2, 0.25) is 0 Å². The predicted molar refractivity (Wildman–Crippen MR) is 160 cm³/mol. The highest BCUT2D eigenvalue weighted by Crippen LogP contribution is 2.33. The van der Waals surface area contributed by atoms with E-state index in [-0.39, 0.29) is 33.6 Å². The molecule has 0 aliphatic carbocycles. The normalized spacial score (nSPS) is 13.5. The van der Waals surface area contributed by atoms with Gasteiger partial charge < -0.3 is 14.7 Å². The van der Waals surface area contributed by atoms with Crippen LogP contribution in [0.3, 0.4) is 0 Å². The molecule has 0 saturated heterocycles. The Bertz CT molecular complexity index is 1680. The van der Waals surface area contributed by atoms with Crippen molar-refractivity contribution in [1.29, 1.82) is 0 Å². The zero-order chi connectivity index (χ0) is 35.1. The molecule has 0 bridgehead atoms. The summed E-state index contributed by atoms with van der Waals surface area (Å²) in [5.41, 5.74) is 0.490. The number of rotatable bonds is 13. The van der Waals surface area contributed by atoms with Gasteiger partial charge in [0.15, 0.2) is 5.69 Å². The molecule has 0 aliphatic rings. The Balaban J connectivity index is 1.71. The second-order valence-electron chi connectivity index (χ2n) is 10.6. The number of benzene rings is 2. The van der Waals surface area contributed by atoms with Crippen LogP contribution in [-0.4, -0.2) is 66.2 Å². The van der Waals surface area contributed by atoms with Crippen molar-refractivity contribution in [2.45, 2.75) is 64.4 Å². The molecule has 1 aromatic heterocycles. The van der Waals surface area contributed by atoms with Gasteiger partial charge in [-0.3, -0.25) is 9.63 Å². The van der Waals surface area contributed by atoms with Crippen LogP contribution in [0.15, 0.2) is 64.8 Å². The number of carbonyl (C=O) groups is 2. The second kappa shape index (κ2) is 15.1. The number of hydrogen-bond donors (Lipinski definition) is 1. The fourth-order valence-electron chi connectivity index (χ4n) is 4.08. The van der Waals surface area contributed by atoms with Crippen LogP contribution < -0.4 is 4.72 Å². The monoisotopic (exact) mass is 684 g/mol. The lowest BCUT2D eigenvalue weighted by Crippen LogP contribution is -2.45. The summed E-state index contributed by atoms with van der Waals surface area (Å²) in [4.78, 5) is 28.3. The molecule has 3 rings (SSSR count). The van der Waals surface area contributed by atoms with Crippen molar-refractivity contribution in [3.05, 3.63) is 71.1 Å². The quantitative estimate of drug-likeness (QED) is 0.0815. The first kappa shape index (κ1) is 36.6. The number of aryl methyl sites for hydroxylation is 1. The SMILES string of the molecule is CCC(=O)OC(C)O/N=[N+](\[O-])N(C)[C@H](COC(=O)NS(=O)(=O)c1ccc(-n2nc(C(F)(F)F)cc2-c2ccc(C)cc2)cc1)C(C)C. The van der Waals surface area contributed by atoms with Gasteiger partial charge in [0, 0.05) is 18.9 Å². The van der Waals surface area contributed by atoms with E-state index in [4.69, 9.17) is 14.3 Å². The molecule has 3 aromatic rings. The molecule has 0 radical (unpaired) electrons. The highest BCUT2D eigenvalue weighted by atomic mass is 32.2. The van der Waals surface area contributed by atoms with Gasteiger partial charge in [-0.25, -0.2) is 22.6 Å². The number of hydrazine groups is 1. The van der Waals surface area contributed by atoms with Crippen molar-refractivity contribution < 1.29 is 50.5 Å². The fraction of sp³-hybridized carbons (Fsp3) is 0.414. The van der Waals surface area contributed by atoms with Gasteiger partial charge in [-0.05, 0) is 43.2 Å². The summed E-state index contributed by atoms with van der Waals surface area (Å²) in [7, 11) is -3.15. The molecule has 0 aliphatic heterocycles. The Morgan fingerprint density at radius 2 is 1.72 bits per heavy atom. The summed E-state index contributed by atoms with van der Waals surface area (Å²) in [6, 6.07) is 11.5. The zero-order valence-corrected chi connectivity index (χ0v) is 27.2. The Labute approximate surface area is 269 Å². The van der Waals surface area contributed by atoms with Crippen molar-refractivity contribution in [1.82, 2.24) is 19.5 Å². The number of carbonyl (C=O) groups excluding carboxylic acids is 2. The van der Waals surface area contributed by atoms with Crippen LogP contribution >= 0.6 is 0 Å². The van der Waals surface area contributed by atoms with Crippen LogP contribution in [0.4, 0.5) is 18.0 Å². The lowest BCUT2D eigenvalue weighted by atomic mass is 10.1. The lowest BCUT2D eigenvalue weighted by Gasteiger charge is -2.26. The molecule has 47 heavy (non-hydrogen) atoms. The maximum Gasteiger partial charge on any atom is 0.435 e. The molecule has 1 N–H and O–H groups in total. The molecule has 256 valence electrons. The van der Waals surface area contributed by atoms with E-state index in [2.05, 4.69) is 10.4 Å². The second-order valence-corrected chi connectivity index (χ2v) is 12.3. The van der Waals surface area contributed by atoms with E-state index in [1.165, 1.54) is 26.1 Å². The minimum absolute atomic E-state index is 0.0576. The van der Waals surface area contributed by atoms with Crippen LogP contribution in [-0.2, 0) is 35.3 Å². The summed E-state index contributed by atoms with van der Waals surface area (Å²) >= 11 is 0. The Morgan fingerprint density at radius 1 is 1.11 bits per heavy atom. The number of halogens is 3. The van der Waals surface area contributed by atoms with E-state index >= 15 is 0 Å². The van der Waals surface area contributed by atoms with Crippen LogP contribution in [0.25, 0.3) is 16.9 Å². The van der Waals surface area contributed by atoms with Gasteiger partial charge >= 0.3 is 18.2 Å². The first-order valence-electron chi connectivity index (χ1n) is 14.2. The van der Waals surface area contributed by atoms with E-state index < -0.39 is 52.9 Å². The van der Waals surface area contributed by atoms with E-state index in [9.17, 15) is 36.4 Å². The maximum atomic E-state index is 13.5. The van der Waals surface area contributed by atoms with Crippen molar-refractivity contribution in [3.8, 4) is 16.9 Å². The Morgan fingerprint density at radius 3 is 2.28 bits per heavy atom. The molecule has 0 fully saturated rings. The fourth-order valence-corrected chi connectivity index (χ4v) is 4.98. The van der Waals surface area contributed by atoms with Gasteiger partial charge in [-0.15, -0.1) is 5.01 Å². The number of aromatic nitrogens is 2. The standard InChI is InChI=1S/C29H35F3N6O8S/c1-7-27(39)45-20(5)46-35-38(41)36(6)25(18(2)3)17-44-28(40)34-47(42,43)23-14-12-22(13-15-23)37-24(16-26(33-37)29(30,31)32)21-10-8-19(4)9-11-21/h8-16,18,20,25H,7,17H2,1-6H3,(H,34,40)/b38-35-/t20?,25-/m1/s1. The molecule has 14 nitrogen and oxygen atoms in total. The molecule has 0 spiro atoms. The number of amides is 1. The van der Waals surface area contributed by atoms with Gasteiger partial charge in [0.25, 0.3) is 16.3 Å². The summed E-state index contributed by atoms with van der Waals surface area (Å²) < 4.78 is 79.1. The van der Waals surface area contributed by atoms with Crippen molar-refractivity contribution in [2.75, 3.05) is 13.7 Å². The molecule has 0 saturated carbocycles. The molecule has 18 heteroatoms. The summed E-state index contributed by atoms with van der Waals surface area (Å²) in [6.45, 7) is 7.75. The number of likely N-dealkylation sites (N-methyl/N-ethyl adjacent to an activating group) is 1. The van der Waals surface area contributed by atoms with Gasteiger partial charge in [0.2, 0.25) is 5.28 Å². The highest BCUT2D eigenvalue weighted by Gasteiger charge is 2.35. The Hall–Kier alpha value is -4.87. The van der Waals surface area contributed by atoms with Crippen LogP contribution in [0, 0.1) is 18.0 Å². The largest absolute Gasteiger partial charge is 0.569 e. The first-order valence-corrected chi connectivity index (χ1v) is 15.7. The zero-order valence-electron chi connectivity index (χ0n) is 26.4. The average molecular weight is 685 g/mol. The van der Waals surface area contributed by atoms with E-state index in [0.29, 0.717) is 5.56 Å². The molecule has 2 aromatic carbocycles. The third-order valence-electron chi connectivity index (χ3n) is 6.71. The van der Waals surface area contributed by atoms with E-state index in [1.54, 1.807) is 49.8 Å². The number of ether oxygens (including phenoxy) is 2. The summed E-state index contributed by atoms with van der Waals surface area (Å²) in [5.74, 6) is -0.863. The third kappa shape index (κ3) is 9.81. The van der Waals surface area contributed by atoms with Crippen molar-refractivity contribution in [2.24, 2.45) is 11.2 Å². The average Bonchev–Trinajstić information content (AvgIpc) is 3.46. The molecule has 1 amide bonds. The van der Waals surface area contributed by atoms with Crippen molar-refractivity contribution in [3.63, 3.8) is 0 Å². The third-order valence-corrected chi connectivity index (χ3v) is 8.04. The molecule has 2 atom stereocenters. The predicted octanol–water partition coefficient (Wildman–Crippen LogP) is 5.35. The lowest BCUT2D eigenvalue weighted by molar-refractivity contribution is -0.716. The number of alkyl halides is 3. The highest BCUT2D eigenvalue weighted by molar-refractivity contribution is 7.90. The number of nitrogens with zero attached hydrogens (tertiary/aromatic N) is 5. The molecular formula is C29H35F3N6O8S. The molecule has 1 heterocycles. The minimum atomic E-state index is -4.72. The number of nitrogens with one attached hydrogen (secondary N) is 1. The molecule has 1 unspecified atom stereocenters. The van der Waals surface area contributed by atoms with E-state index in [0.717, 1.165) is 33.5 Å². The molecular weight excluding hydrogens is 649 g/mol. The van der Waals surface area contributed by atoms with Gasteiger partial charge in [-0.2, -0.15) is 18.3 Å². The maximum absolute atomic E-state index is 13.5. The smallest absolute Gasteiger partial charge is 0.435 e. The van der Waals surface area contributed by atoms with Crippen LogP contribution in [0.1, 0.15) is 45.4 Å².